The zero-order chi connectivity index (χ0) is 13.7. The molecule has 1 heterocycles. The highest BCUT2D eigenvalue weighted by Gasteiger charge is 2.20. The number of hydrogen-bond donors (Lipinski definition) is 2. The fourth-order valence-electron chi connectivity index (χ4n) is 2.52. The normalized spacial score (nSPS) is 13.6. The molecule has 1 aliphatic rings. The number of amides is 1. The average Bonchev–Trinajstić information content (AvgIpc) is 2.47. The molecule has 2 N–H and O–H groups in total. The smallest absolute Gasteiger partial charge is 0.255 e. The minimum Gasteiger partial charge on any atom is -0.396 e. The predicted molar refractivity (Wildman–Crippen MR) is 76.5 cm³/mol. The van der Waals surface area contributed by atoms with Crippen molar-refractivity contribution in [2.24, 2.45) is 0 Å². The van der Waals surface area contributed by atoms with E-state index in [1.807, 2.05) is 19.1 Å². The molecule has 0 atom stereocenters. The van der Waals surface area contributed by atoms with Crippen LogP contribution in [0.15, 0.2) is 18.2 Å². The fourth-order valence-corrected chi connectivity index (χ4v) is 2.52. The summed E-state index contributed by atoms with van der Waals surface area (Å²) in [5.74, 6) is 0.0576. The van der Waals surface area contributed by atoms with Crippen LogP contribution in [-0.4, -0.2) is 42.2 Å². The molecule has 1 amide bonds. The van der Waals surface area contributed by atoms with Crippen LogP contribution in [0.25, 0.3) is 0 Å². The third-order valence-corrected chi connectivity index (χ3v) is 3.56. The van der Waals surface area contributed by atoms with E-state index in [1.54, 1.807) is 4.90 Å². The van der Waals surface area contributed by atoms with Crippen LogP contribution in [-0.2, 0) is 6.42 Å². The second-order valence-corrected chi connectivity index (χ2v) is 4.83. The molecule has 1 aromatic rings. The van der Waals surface area contributed by atoms with Crippen molar-refractivity contribution in [3.8, 4) is 0 Å². The minimum absolute atomic E-state index is 0.0576. The number of anilines is 1. The molecular weight excluding hydrogens is 240 g/mol. The van der Waals surface area contributed by atoms with Crippen LogP contribution in [0.3, 0.4) is 0 Å². The molecule has 104 valence electrons. The van der Waals surface area contributed by atoms with Gasteiger partial charge in [0, 0.05) is 26.2 Å². The van der Waals surface area contributed by atoms with Gasteiger partial charge >= 0.3 is 0 Å². The lowest BCUT2D eigenvalue weighted by Gasteiger charge is -2.25. The van der Waals surface area contributed by atoms with E-state index in [0.29, 0.717) is 19.5 Å². The highest BCUT2D eigenvalue weighted by Crippen LogP contribution is 2.27. The Hall–Kier alpha value is -1.55. The highest BCUT2D eigenvalue weighted by atomic mass is 16.3. The summed E-state index contributed by atoms with van der Waals surface area (Å²) in [6, 6.07) is 5.93. The maximum atomic E-state index is 12.6. The number of benzene rings is 1. The number of nitrogens with one attached hydrogen (secondary N) is 1. The largest absolute Gasteiger partial charge is 0.396 e. The van der Waals surface area contributed by atoms with E-state index < -0.39 is 0 Å². The summed E-state index contributed by atoms with van der Waals surface area (Å²) in [5, 5.41) is 12.3. The van der Waals surface area contributed by atoms with Crippen molar-refractivity contribution in [2.75, 3.05) is 31.6 Å². The molecule has 0 fully saturated rings. The van der Waals surface area contributed by atoms with E-state index in [2.05, 4.69) is 11.4 Å². The molecule has 19 heavy (non-hydrogen) atoms. The SMILES string of the molecule is CCN(CCCO)C(=O)c1cccc2c1NCCC2. The lowest BCUT2D eigenvalue weighted by molar-refractivity contribution is 0.0755. The number of carbonyl (C=O) groups is 1. The van der Waals surface area contributed by atoms with Gasteiger partial charge in [0.25, 0.3) is 5.91 Å². The van der Waals surface area contributed by atoms with Crippen LogP contribution >= 0.6 is 0 Å². The predicted octanol–water partition coefficient (Wildman–Crippen LogP) is 1.89. The van der Waals surface area contributed by atoms with E-state index in [0.717, 1.165) is 30.6 Å². The standard InChI is InChI=1S/C15H22N2O2/c1-2-17(10-5-11-18)15(19)13-8-3-6-12-7-4-9-16-14(12)13/h3,6,8,16,18H,2,4-5,7,9-11H2,1H3. The summed E-state index contributed by atoms with van der Waals surface area (Å²) in [6.07, 6.45) is 2.78. The van der Waals surface area contributed by atoms with Crippen molar-refractivity contribution in [3.63, 3.8) is 0 Å². The van der Waals surface area contributed by atoms with Crippen LogP contribution in [0.2, 0.25) is 0 Å². The number of aryl methyl sites for hydroxylation is 1. The zero-order valence-corrected chi connectivity index (χ0v) is 11.5. The summed E-state index contributed by atoms with van der Waals surface area (Å²) in [6.45, 7) is 4.30. The Balaban J connectivity index is 2.22. The van der Waals surface area contributed by atoms with Gasteiger partial charge in [-0.05, 0) is 37.8 Å². The first-order valence-corrected chi connectivity index (χ1v) is 7.03. The second-order valence-electron chi connectivity index (χ2n) is 4.83. The molecule has 0 saturated carbocycles. The average molecular weight is 262 g/mol. The van der Waals surface area contributed by atoms with Crippen LogP contribution < -0.4 is 5.32 Å². The quantitative estimate of drug-likeness (QED) is 0.852. The third-order valence-electron chi connectivity index (χ3n) is 3.56. The van der Waals surface area contributed by atoms with Gasteiger partial charge in [0.05, 0.1) is 11.3 Å². The lowest BCUT2D eigenvalue weighted by Crippen LogP contribution is -2.33. The van der Waals surface area contributed by atoms with E-state index in [-0.39, 0.29) is 12.5 Å². The highest BCUT2D eigenvalue weighted by molar-refractivity contribution is 6.00. The van der Waals surface area contributed by atoms with Gasteiger partial charge in [-0.1, -0.05) is 12.1 Å². The fraction of sp³-hybridized carbons (Fsp3) is 0.533. The van der Waals surface area contributed by atoms with E-state index in [9.17, 15) is 4.79 Å². The molecule has 0 aromatic heterocycles. The van der Waals surface area contributed by atoms with Gasteiger partial charge in [0.1, 0.15) is 0 Å². The van der Waals surface area contributed by atoms with Crippen LogP contribution in [0.4, 0.5) is 5.69 Å². The molecule has 0 radical (unpaired) electrons. The van der Waals surface area contributed by atoms with E-state index in [4.69, 9.17) is 5.11 Å². The zero-order valence-electron chi connectivity index (χ0n) is 11.5. The molecule has 0 bridgehead atoms. The first-order chi connectivity index (χ1) is 9.27. The monoisotopic (exact) mass is 262 g/mol. The number of aliphatic hydroxyl groups is 1. The summed E-state index contributed by atoms with van der Waals surface area (Å²) >= 11 is 0. The second kappa shape index (κ2) is 6.57. The van der Waals surface area contributed by atoms with Crippen molar-refractivity contribution in [1.29, 1.82) is 0 Å². The van der Waals surface area contributed by atoms with Gasteiger partial charge in [-0.25, -0.2) is 0 Å². The Bertz CT molecular complexity index is 446. The number of nitrogens with zero attached hydrogens (tertiary/aromatic N) is 1. The maximum Gasteiger partial charge on any atom is 0.255 e. The van der Waals surface area contributed by atoms with Gasteiger partial charge < -0.3 is 15.3 Å². The topological polar surface area (TPSA) is 52.6 Å². The summed E-state index contributed by atoms with van der Waals surface area (Å²) in [4.78, 5) is 14.4. The molecule has 0 aliphatic carbocycles. The molecule has 0 unspecified atom stereocenters. The Morgan fingerprint density at radius 1 is 1.47 bits per heavy atom. The van der Waals surface area contributed by atoms with Gasteiger partial charge in [-0.2, -0.15) is 0 Å². The summed E-state index contributed by atoms with van der Waals surface area (Å²) in [7, 11) is 0. The number of rotatable bonds is 5. The molecular formula is C15H22N2O2. The summed E-state index contributed by atoms with van der Waals surface area (Å²) < 4.78 is 0. The van der Waals surface area contributed by atoms with Crippen molar-refractivity contribution in [2.45, 2.75) is 26.2 Å². The number of fused-ring (bicyclic) bond motifs is 1. The minimum atomic E-state index is 0.0576. The van der Waals surface area contributed by atoms with Gasteiger partial charge in [0.15, 0.2) is 0 Å². The molecule has 4 nitrogen and oxygen atoms in total. The Labute approximate surface area is 114 Å². The van der Waals surface area contributed by atoms with Gasteiger partial charge in [0.2, 0.25) is 0 Å². The van der Waals surface area contributed by atoms with Crippen molar-refractivity contribution in [1.82, 2.24) is 4.90 Å². The number of aliphatic hydroxyl groups excluding tert-OH is 1. The van der Waals surface area contributed by atoms with E-state index >= 15 is 0 Å². The van der Waals surface area contributed by atoms with Gasteiger partial charge in [-0.15, -0.1) is 0 Å². The van der Waals surface area contributed by atoms with Crippen molar-refractivity contribution in [3.05, 3.63) is 29.3 Å². The van der Waals surface area contributed by atoms with Crippen LogP contribution in [0.5, 0.6) is 0 Å². The van der Waals surface area contributed by atoms with Crippen LogP contribution in [0.1, 0.15) is 35.7 Å². The van der Waals surface area contributed by atoms with Crippen LogP contribution in [0, 0.1) is 0 Å². The maximum absolute atomic E-state index is 12.6. The first-order valence-electron chi connectivity index (χ1n) is 7.03. The first kappa shape index (κ1) is 13.9. The molecule has 0 spiro atoms. The van der Waals surface area contributed by atoms with Crippen molar-refractivity contribution >= 4 is 11.6 Å². The Kier molecular flexibility index (Phi) is 4.80. The Morgan fingerprint density at radius 2 is 2.32 bits per heavy atom. The molecule has 0 saturated heterocycles. The van der Waals surface area contributed by atoms with E-state index in [1.165, 1.54) is 5.56 Å². The van der Waals surface area contributed by atoms with Gasteiger partial charge in [-0.3, -0.25) is 4.79 Å². The lowest BCUT2D eigenvalue weighted by atomic mass is 9.98. The summed E-state index contributed by atoms with van der Waals surface area (Å²) in [5.41, 5.74) is 2.99. The number of hydrogen-bond acceptors (Lipinski definition) is 3. The Morgan fingerprint density at radius 3 is 3.05 bits per heavy atom. The molecule has 1 aliphatic heterocycles. The molecule has 1 aromatic carbocycles. The van der Waals surface area contributed by atoms with Crippen molar-refractivity contribution < 1.29 is 9.90 Å². The molecule has 4 heteroatoms. The molecule has 2 rings (SSSR count). The number of carbonyl (C=O) groups excluding carboxylic acids is 1. The third kappa shape index (κ3) is 3.07. The number of para-hydroxylation sites is 1.